The summed E-state index contributed by atoms with van der Waals surface area (Å²) in [6.07, 6.45) is 0. The number of nitrogens with one attached hydrogen (secondary N) is 2. The smallest absolute Gasteiger partial charge is 0.269 e. The fraction of sp³-hybridized carbons (Fsp3) is 0.176. The van der Waals surface area contributed by atoms with Crippen molar-refractivity contribution in [3.63, 3.8) is 0 Å². The summed E-state index contributed by atoms with van der Waals surface area (Å²) in [6.45, 7) is 0.829. The number of carbonyl (C=O) groups excluding carboxylic acids is 2. The second kappa shape index (κ2) is 8.31. The summed E-state index contributed by atoms with van der Waals surface area (Å²) in [4.78, 5) is 25.6. The lowest BCUT2D eigenvalue weighted by Gasteiger charge is -2.16. The number of carbonyl (C=O) groups is 2. The number of hydrogen-bond donors (Lipinski definition) is 2. The Morgan fingerprint density at radius 2 is 1.65 bits per heavy atom. The largest absolute Gasteiger partial charge is 0.293 e. The maximum absolute atomic E-state index is 11.9. The Kier molecular flexibility index (Phi) is 6.14. The predicted molar refractivity (Wildman–Crippen MR) is 89.8 cm³/mol. The Hall–Kier alpha value is -2.37. The molecule has 0 aliphatic heterocycles. The fourth-order valence-corrected chi connectivity index (χ4v) is 2.16. The summed E-state index contributed by atoms with van der Waals surface area (Å²) in [5.41, 5.74) is 6.32. The second-order valence-corrected chi connectivity index (χ2v) is 5.60. The summed E-state index contributed by atoms with van der Waals surface area (Å²) in [5, 5.41) is 0.549. The molecule has 6 heteroatoms. The van der Waals surface area contributed by atoms with Gasteiger partial charge in [0.15, 0.2) is 0 Å². The lowest BCUT2D eigenvalue weighted by molar-refractivity contribution is -0.122. The van der Waals surface area contributed by atoms with Gasteiger partial charge in [-0.25, -0.2) is 0 Å². The van der Waals surface area contributed by atoms with Gasteiger partial charge in [-0.3, -0.25) is 25.3 Å². The fourth-order valence-electron chi connectivity index (χ4n) is 2.04. The third-order valence-corrected chi connectivity index (χ3v) is 3.38. The summed E-state index contributed by atoms with van der Waals surface area (Å²) < 4.78 is 0. The standard InChI is InChI=1S/C17H18ClN3O2/c1-21(11-13-5-3-2-4-6-13)12-16(22)19-20-17(23)14-7-9-15(18)10-8-14/h2-10H,11-12H2,1H3,(H,19,22)(H,20,23). The van der Waals surface area contributed by atoms with Gasteiger partial charge < -0.3 is 0 Å². The van der Waals surface area contributed by atoms with Crippen molar-refractivity contribution < 1.29 is 9.59 Å². The third kappa shape index (κ3) is 5.73. The van der Waals surface area contributed by atoms with E-state index in [4.69, 9.17) is 11.6 Å². The van der Waals surface area contributed by atoms with Gasteiger partial charge in [0.2, 0.25) is 0 Å². The number of amides is 2. The van der Waals surface area contributed by atoms with E-state index in [1.54, 1.807) is 24.3 Å². The van der Waals surface area contributed by atoms with Crippen molar-refractivity contribution in [1.29, 1.82) is 0 Å². The lowest BCUT2D eigenvalue weighted by atomic mass is 10.2. The molecule has 0 radical (unpaired) electrons. The van der Waals surface area contributed by atoms with Crippen molar-refractivity contribution in [3.8, 4) is 0 Å². The van der Waals surface area contributed by atoms with Crippen LogP contribution in [0.4, 0.5) is 0 Å². The number of likely N-dealkylation sites (N-methyl/N-ethyl adjacent to an activating group) is 1. The number of hydrazine groups is 1. The van der Waals surface area contributed by atoms with E-state index < -0.39 is 0 Å². The summed E-state index contributed by atoms with van der Waals surface area (Å²) >= 11 is 5.76. The maximum atomic E-state index is 11.9. The van der Waals surface area contributed by atoms with Crippen LogP contribution in [0.2, 0.25) is 5.02 Å². The molecule has 2 amide bonds. The summed E-state index contributed by atoms with van der Waals surface area (Å²) in [5.74, 6) is -0.675. The lowest BCUT2D eigenvalue weighted by Crippen LogP contribution is -2.45. The normalized spacial score (nSPS) is 10.4. The van der Waals surface area contributed by atoms with E-state index in [2.05, 4.69) is 10.9 Å². The molecule has 0 bridgehead atoms. The average molecular weight is 332 g/mol. The van der Waals surface area contributed by atoms with E-state index in [9.17, 15) is 9.59 Å². The predicted octanol–water partition coefficient (Wildman–Crippen LogP) is 2.23. The van der Waals surface area contributed by atoms with Crippen molar-refractivity contribution >= 4 is 23.4 Å². The van der Waals surface area contributed by atoms with Gasteiger partial charge in [0.05, 0.1) is 6.54 Å². The van der Waals surface area contributed by atoms with Crippen molar-refractivity contribution in [2.24, 2.45) is 0 Å². The van der Waals surface area contributed by atoms with Crippen LogP contribution in [0.1, 0.15) is 15.9 Å². The van der Waals surface area contributed by atoms with Gasteiger partial charge in [0.1, 0.15) is 0 Å². The molecule has 0 unspecified atom stereocenters. The first-order valence-electron chi connectivity index (χ1n) is 7.12. The molecule has 0 fully saturated rings. The zero-order valence-corrected chi connectivity index (χ0v) is 13.5. The minimum absolute atomic E-state index is 0.176. The van der Waals surface area contributed by atoms with Crippen molar-refractivity contribution in [2.75, 3.05) is 13.6 Å². The number of benzene rings is 2. The third-order valence-electron chi connectivity index (χ3n) is 3.13. The van der Waals surface area contributed by atoms with E-state index in [1.807, 2.05) is 42.3 Å². The van der Waals surface area contributed by atoms with Crippen LogP contribution in [-0.4, -0.2) is 30.3 Å². The van der Waals surface area contributed by atoms with Crippen molar-refractivity contribution in [2.45, 2.75) is 6.54 Å². The first-order valence-corrected chi connectivity index (χ1v) is 7.49. The van der Waals surface area contributed by atoms with E-state index in [-0.39, 0.29) is 18.4 Å². The maximum Gasteiger partial charge on any atom is 0.269 e. The SMILES string of the molecule is CN(CC(=O)NNC(=O)c1ccc(Cl)cc1)Cc1ccccc1. The Bertz CT molecular complexity index is 659. The topological polar surface area (TPSA) is 61.4 Å². The van der Waals surface area contributed by atoms with Crippen molar-refractivity contribution in [3.05, 3.63) is 70.7 Å². The van der Waals surface area contributed by atoms with Gasteiger partial charge in [-0.2, -0.15) is 0 Å². The highest BCUT2D eigenvalue weighted by atomic mass is 35.5. The Balaban J connectivity index is 1.76. The van der Waals surface area contributed by atoms with Crippen LogP contribution in [0.3, 0.4) is 0 Å². The average Bonchev–Trinajstić information content (AvgIpc) is 2.54. The van der Waals surface area contributed by atoms with E-state index >= 15 is 0 Å². The summed E-state index contributed by atoms with van der Waals surface area (Å²) in [7, 11) is 1.84. The van der Waals surface area contributed by atoms with Gasteiger partial charge >= 0.3 is 0 Å². The second-order valence-electron chi connectivity index (χ2n) is 5.17. The highest BCUT2D eigenvalue weighted by Crippen LogP contribution is 2.09. The number of rotatable bonds is 5. The molecule has 2 aromatic carbocycles. The molecular formula is C17H18ClN3O2. The molecule has 0 heterocycles. The number of halogens is 1. The van der Waals surface area contributed by atoms with Crippen LogP contribution >= 0.6 is 11.6 Å². The van der Waals surface area contributed by atoms with Gasteiger partial charge in [0, 0.05) is 17.1 Å². The molecule has 0 saturated heterocycles. The van der Waals surface area contributed by atoms with Crippen LogP contribution in [0.5, 0.6) is 0 Å². The molecule has 0 spiro atoms. The molecule has 2 rings (SSSR count). The summed E-state index contributed by atoms with van der Waals surface area (Å²) in [6, 6.07) is 16.3. The van der Waals surface area contributed by atoms with Crippen LogP contribution in [0, 0.1) is 0 Å². The van der Waals surface area contributed by atoms with Gasteiger partial charge in [-0.15, -0.1) is 0 Å². The highest BCUT2D eigenvalue weighted by Gasteiger charge is 2.09. The molecule has 0 saturated carbocycles. The van der Waals surface area contributed by atoms with Crippen LogP contribution in [0.25, 0.3) is 0 Å². The molecular weight excluding hydrogens is 314 g/mol. The molecule has 120 valence electrons. The molecule has 2 aromatic rings. The zero-order chi connectivity index (χ0) is 16.7. The van der Waals surface area contributed by atoms with Crippen LogP contribution in [0.15, 0.2) is 54.6 Å². The minimum Gasteiger partial charge on any atom is -0.293 e. The van der Waals surface area contributed by atoms with Crippen LogP contribution < -0.4 is 10.9 Å². The zero-order valence-electron chi connectivity index (χ0n) is 12.8. The van der Waals surface area contributed by atoms with E-state index in [0.717, 1.165) is 5.56 Å². The van der Waals surface area contributed by atoms with Crippen LogP contribution in [-0.2, 0) is 11.3 Å². The number of nitrogens with zero attached hydrogens (tertiary/aromatic N) is 1. The first kappa shape index (κ1) is 17.0. The van der Waals surface area contributed by atoms with E-state index in [1.165, 1.54) is 0 Å². The Labute approximate surface area is 140 Å². The molecule has 2 N–H and O–H groups in total. The highest BCUT2D eigenvalue weighted by molar-refractivity contribution is 6.30. The van der Waals surface area contributed by atoms with Crippen molar-refractivity contribution in [1.82, 2.24) is 15.8 Å². The van der Waals surface area contributed by atoms with Gasteiger partial charge in [-0.1, -0.05) is 41.9 Å². The Morgan fingerprint density at radius 3 is 2.30 bits per heavy atom. The first-order chi connectivity index (χ1) is 11.0. The number of hydrogen-bond acceptors (Lipinski definition) is 3. The Morgan fingerprint density at radius 1 is 1.00 bits per heavy atom. The quantitative estimate of drug-likeness (QED) is 0.826. The molecule has 0 atom stereocenters. The molecule has 0 aromatic heterocycles. The van der Waals surface area contributed by atoms with E-state index in [0.29, 0.717) is 17.1 Å². The molecule has 5 nitrogen and oxygen atoms in total. The minimum atomic E-state index is -0.388. The monoisotopic (exact) mass is 331 g/mol. The van der Waals surface area contributed by atoms with Gasteiger partial charge in [0.25, 0.3) is 11.8 Å². The van der Waals surface area contributed by atoms with Gasteiger partial charge in [-0.05, 0) is 36.9 Å². The molecule has 0 aliphatic rings. The molecule has 23 heavy (non-hydrogen) atoms. The molecule has 0 aliphatic carbocycles.